The molecule has 0 bridgehead atoms. The number of amides is 1. The predicted octanol–water partition coefficient (Wildman–Crippen LogP) is 3.67. The number of piperidine rings is 1. The molecule has 0 aliphatic carbocycles. The Morgan fingerprint density at radius 2 is 1.94 bits per heavy atom. The molecule has 9 nitrogen and oxygen atoms in total. The number of nitrogens with zero attached hydrogens (tertiary/aromatic N) is 6. The van der Waals surface area contributed by atoms with Crippen molar-refractivity contribution in [1.29, 1.82) is 0 Å². The van der Waals surface area contributed by atoms with E-state index >= 15 is 0 Å². The lowest BCUT2D eigenvalue weighted by Crippen LogP contribution is -2.60. The Morgan fingerprint density at radius 3 is 2.60 bits per heavy atom. The van der Waals surface area contributed by atoms with Gasteiger partial charge in [0.15, 0.2) is 0 Å². The molecule has 2 aliphatic rings. The van der Waals surface area contributed by atoms with E-state index in [2.05, 4.69) is 25.0 Å². The first-order valence-electron chi connectivity index (χ1n) is 11.5. The van der Waals surface area contributed by atoms with Crippen LogP contribution in [-0.2, 0) is 11.8 Å². The third-order valence-electron chi connectivity index (χ3n) is 6.71. The zero-order chi connectivity index (χ0) is 24.6. The smallest absolute Gasteiger partial charge is 0.387 e. The highest BCUT2D eigenvalue weighted by Crippen LogP contribution is 2.43. The Balaban J connectivity index is 1.38. The lowest BCUT2D eigenvalue weighted by Gasteiger charge is -2.55. The summed E-state index contributed by atoms with van der Waals surface area (Å²) in [6.45, 7) is 2.13. The van der Waals surface area contributed by atoms with Gasteiger partial charge in [-0.1, -0.05) is 0 Å². The van der Waals surface area contributed by atoms with E-state index in [4.69, 9.17) is 4.98 Å². The van der Waals surface area contributed by atoms with Gasteiger partial charge in [0.1, 0.15) is 17.4 Å². The summed E-state index contributed by atoms with van der Waals surface area (Å²) in [4.78, 5) is 24.8. The molecule has 5 heterocycles. The number of hydrogen-bond donors (Lipinski definition) is 1. The molecule has 2 fully saturated rings. The summed E-state index contributed by atoms with van der Waals surface area (Å²) < 4.78 is 31.4. The molecule has 3 aromatic heterocycles. The first-order valence-corrected chi connectivity index (χ1v) is 11.5. The van der Waals surface area contributed by atoms with Gasteiger partial charge >= 0.3 is 6.61 Å². The molecule has 0 radical (unpaired) electrons. The Morgan fingerprint density at radius 1 is 1.17 bits per heavy atom. The zero-order valence-corrected chi connectivity index (χ0v) is 19.6. The molecular weight excluding hydrogens is 456 g/mol. The van der Waals surface area contributed by atoms with Crippen LogP contribution in [0.15, 0.2) is 42.9 Å². The van der Waals surface area contributed by atoms with E-state index in [1.165, 1.54) is 18.3 Å². The number of carbonyl (C=O) groups is 1. The summed E-state index contributed by atoms with van der Waals surface area (Å²) in [6, 6.07) is 6.74. The van der Waals surface area contributed by atoms with E-state index < -0.39 is 6.61 Å². The van der Waals surface area contributed by atoms with E-state index in [1.807, 2.05) is 30.3 Å². The van der Waals surface area contributed by atoms with Gasteiger partial charge in [-0.2, -0.15) is 13.9 Å². The van der Waals surface area contributed by atoms with Crippen LogP contribution in [0.2, 0.25) is 0 Å². The molecule has 2 aliphatic heterocycles. The van der Waals surface area contributed by atoms with Gasteiger partial charge in [0.05, 0.1) is 11.9 Å². The topological polar surface area (TPSA) is 88.4 Å². The van der Waals surface area contributed by atoms with Crippen molar-refractivity contribution in [3.8, 4) is 17.0 Å². The normalized spacial score (nSPS) is 16.9. The molecule has 1 amide bonds. The summed E-state index contributed by atoms with van der Waals surface area (Å²) in [6.07, 6.45) is 7.03. The van der Waals surface area contributed by atoms with Crippen LogP contribution in [0.5, 0.6) is 5.75 Å². The maximum absolute atomic E-state index is 12.6. The standard InChI is InChI=1S/C24H27F2N7O2/c1-16(34)32-7-4-24(5-8-32)14-33(15-24)18-9-20(17-12-28-31(2)13-17)29-22(10-18)30-21-11-19(3-6-27-21)35-23(25)26/h3,6,9-13,23H,4-5,7-8,14-15H2,1-2H3,(H,27,29,30). The first-order chi connectivity index (χ1) is 16.8. The molecule has 3 aromatic rings. The number of carbonyl (C=O) groups excluding carboxylic acids is 1. The van der Waals surface area contributed by atoms with Crippen LogP contribution in [0.25, 0.3) is 11.3 Å². The second-order valence-electron chi connectivity index (χ2n) is 9.24. The second kappa shape index (κ2) is 9.12. The highest BCUT2D eigenvalue weighted by atomic mass is 19.3. The fourth-order valence-electron chi connectivity index (χ4n) is 4.81. The van der Waals surface area contributed by atoms with Crippen LogP contribution < -0.4 is 15.0 Å². The second-order valence-corrected chi connectivity index (χ2v) is 9.24. The SMILES string of the molecule is CC(=O)N1CCC2(CC1)CN(c1cc(Nc3cc(OC(F)F)ccn3)nc(-c3cnn(C)c3)c1)C2. The monoisotopic (exact) mass is 483 g/mol. The number of ether oxygens (including phenoxy) is 1. The van der Waals surface area contributed by atoms with Crippen molar-refractivity contribution in [3.63, 3.8) is 0 Å². The molecule has 184 valence electrons. The summed E-state index contributed by atoms with van der Waals surface area (Å²) in [7, 11) is 1.84. The predicted molar refractivity (Wildman–Crippen MR) is 127 cm³/mol. The minimum atomic E-state index is -2.91. The number of alkyl halides is 2. The Labute approximate surface area is 201 Å². The third kappa shape index (κ3) is 5.03. The zero-order valence-electron chi connectivity index (χ0n) is 19.6. The van der Waals surface area contributed by atoms with Gasteiger partial charge in [-0.05, 0) is 25.0 Å². The molecule has 0 unspecified atom stereocenters. The number of nitrogens with one attached hydrogen (secondary N) is 1. The van der Waals surface area contributed by atoms with Crippen molar-refractivity contribution in [2.24, 2.45) is 12.5 Å². The molecule has 35 heavy (non-hydrogen) atoms. The minimum absolute atomic E-state index is 0.0164. The molecule has 1 N–H and O–H groups in total. The Bertz CT molecular complexity index is 1220. The number of likely N-dealkylation sites (tertiary alicyclic amines) is 1. The number of rotatable bonds is 6. The molecule has 0 atom stereocenters. The van der Waals surface area contributed by atoms with Crippen molar-refractivity contribution in [1.82, 2.24) is 24.6 Å². The van der Waals surface area contributed by atoms with Crippen LogP contribution in [-0.4, -0.2) is 63.3 Å². The van der Waals surface area contributed by atoms with Crippen LogP contribution in [0.3, 0.4) is 0 Å². The molecule has 2 saturated heterocycles. The average Bonchev–Trinajstić information content (AvgIpc) is 3.23. The maximum atomic E-state index is 12.6. The summed E-state index contributed by atoms with van der Waals surface area (Å²) >= 11 is 0. The number of aromatic nitrogens is 4. The number of pyridine rings is 2. The molecule has 0 aromatic carbocycles. The third-order valence-corrected chi connectivity index (χ3v) is 6.71. The average molecular weight is 484 g/mol. The fourth-order valence-corrected chi connectivity index (χ4v) is 4.81. The van der Waals surface area contributed by atoms with E-state index in [1.54, 1.807) is 17.8 Å². The quantitative estimate of drug-likeness (QED) is 0.572. The molecule has 1 spiro atoms. The Hall–Kier alpha value is -3.76. The van der Waals surface area contributed by atoms with Crippen LogP contribution in [0.1, 0.15) is 19.8 Å². The van der Waals surface area contributed by atoms with E-state index in [-0.39, 0.29) is 17.1 Å². The van der Waals surface area contributed by atoms with Crippen LogP contribution in [0.4, 0.5) is 26.1 Å². The number of aryl methyl sites for hydroxylation is 1. The van der Waals surface area contributed by atoms with Crippen LogP contribution in [0, 0.1) is 5.41 Å². The number of hydrogen-bond acceptors (Lipinski definition) is 7. The summed E-state index contributed by atoms with van der Waals surface area (Å²) in [5.41, 5.74) is 2.83. The number of halogens is 2. The minimum Gasteiger partial charge on any atom is -0.435 e. The van der Waals surface area contributed by atoms with Gasteiger partial charge in [-0.25, -0.2) is 9.97 Å². The highest BCUT2D eigenvalue weighted by molar-refractivity contribution is 5.73. The van der Waals surface area contributed by atoms with Crippen molar-refractivity contribution >= 4 is 23.2 Å². The molecular formula is C24H27F2N7O2. The lowest BCUT2D eigenvalue weighted by atomic mass is 9.71. The van der Waals surface area contributed by atoms with Gasteiger partial charge in [0.25, 0.3) is 0 Å². The summed E-state index contributed by atoms with van der Waals surface area (Å²) in [5.74, 6) is 1.04. The lowest BCUT2D eigenvalue weighted by molar-refractivity contribution is -0.131. The van der Waals surface area contributed by atoms with E-state index in [0.717, 1.165) is 56.0 Å². The van der Waals surface area contributed by atoms with Crippen molar-refractivity contribution in [2.75, 3.05) is 36.4 Å². The largest absolute Gasteiger partial charge is 0.435 e. The van der Waals surface area contributed by atoms with Crippen molar-refractivity contribution in [2.45, 2.75) is 26.4 Å². The molecule has 5 rings (SSSR count). The van der Waals surface area contributed by atoms with Gasteiger partial charge in [-0.3, -0.25) is 9.48 Å². The summed E-state index contributed by atoms with van der Waals surface area (Å²) in [5, 5.41) is 7.38. The molecule has 0 saturated carbocycles. The van der Waals surface area contributed by atoms with Gasteiger partial charge < -0.3 is 19.9 Å². The fraction of sp³-hybridized carbons (Fsp3) is 0.417. The van der Waals surface area contributed by atoms with E-state index in [9.17, 15) is 13.6 Å². The van der Waals surface area contributed by atoms with Gasteiger partial charge in [0.2, 0.25) is 5.91 Å². The highest BCUT2D eigenvalue weighted by Gasteiger charge is 2.45. The van der Waals surface area contributed by atoms with Crippen molar-refractivity contribution < 1.29 is 18.3 Å². The van der Waals surface area contributed by atoms with Gasteiger partial charge in [0, 0.05) is 81.3 Å². The first kappa shape index (κ1) is 23.0. The van der Waals surface area contributed by atoms with Gasteiger partial charge in [-0.15, -0.1) is 0 Å². The number of anilines is 3. The van der Waals surface area contributed by atoms with Crippen molar-refractivity contribution in [3.05, 3.63) is 42.9 Å². The molecule has 11 heteroatoms. The maximum Gasteiger partial charge on any atom is 0.387 e. The van der Waals surface area contributed by atoms with E-state index in [0.29, 0.717) is 11.6 Å². The Kier molecular flexibility index (Phi) is 6.00. The van der Waals surface area contributed by atoms with Crippen LogP contribution >= 0.6 is 0 Å².